The van der Waals surface area contributed by atoms with Crippen LogP contribution in [0.15, 0.2) is 60.7 Å². The Labute approximate surface area is 194 Å². The number of carbonyl (C=O) groups is 3. The molecule has 1 saturated heterocycles. The van der Waals surface area contributed by atoms with Crippen LogP contribution >= 0.6 is 0 Å². The maximum atomic E-state index is 13.5. The number of carbonyl (C=O) groups excluding carboxylic acids is 3. The first-order valence-corrected chi connectivity index (χ1v) is 11.4. The number of amides is 1. The highest BCUT2D eigenvalue weighted by Crippen LogP contribution is 2.53. The molecule has 33 heavy (non-hydrogen) atoms. The minimum absolute atomic E-state index is 0.122. The average molecular weight is 450 g/mol. The molecular formula is C27H31NO5. The van der Waals surface area contributed by atoms with E-state index in [0.29, 0.717) is 13.0 Å². The fraction of sp³-hybridized carbons (Fsp3) is 0.444. The van der Waals surface area contributed by atoms with Crippen molar-refractivity contribution in [2.45, 2.75) is 51.2 Å². The molecule has 6 heteroatoms. The van der Waals surface area contributed by atoms with Gasteiger partial charge in [-0.3, -0.25) is 9.59 Å². The van der Waals surface area contributed by atoms with Gasteiger partial charge >= 0.3 is 12.1 Å². The molecule has 1 saturated carbocycles. The molecule has 0 bridgehead atoms. The molecule has 2 fully saturated rings. The number of hydrogen-bond acceptors (Lipinski definition) is 5. The van der Waals surface area contributed by atoms with E-state index in [1.165, 1.54) is 6.92 Å². The molecule has 0 N–H and O–H groups in total. The number of hydrogen-bond donors (Lipinski definition) is 0. The van der Waals surface area contributed by atoms with E-state index in [9.17, 15) is 14.4 Å². The van der Waals surface area contributed by atoms with Crippen molar-refractivity contribution in [1.29, 1.82) is 0 Å². The number of ether oxygens (including phenoxy) is 2. The normalized spacial score (nSPS) is 24.2. The van der Waals surface area contributed by atoms with Crippen molar-refractivity contribution in [3.8, 4) is 0 Å². The predicted octanol–water partition coefficient (Wildman–Crippen LogP) is 4.36. The van der Waals surface area contributed by atoms with Crippen molar-refractivity contribution < 1.29 is 23.9 Å². The van der Waals surface area contributed by atoms with Gasteiger partial charge in [0.15, 0.2) is 11.9 Å². The molecule has 0 spiro atoms. The van der Waals surface area contributed by atoms with Gasteiger partial charge in [0.25, 0.3) is 0 Å². The van der Waals surface area contributed by atoms with Gasteiger partial charge in [-0.2, -0.15) is 0 Å². The van der Waals surface area contributed by atoms with E-state index >= 15 is 0 Å². The van der Waals surface area contributed by atoms with E-state index in [-0.39, 0.29) is 18.2 Å². The highest BCUT2D eigenvalue weighted by molar-refractivity contribution is 5.90. The monoisotopic (exact) mass is 449 g/mol. The Kier molecular flexibility index (Phi) is 6.04. The van der Waals surface area contributed by atoms with Crippen molar-refractivity contribution in [3.05, 3.63) is 71.8 Å². The maximum Gasteiger partial charge on any atom is 0.410 e. The van der Waals surface area contributed by atoms with Crippen LogP contribution in [0.3, 0.4) is 0 Å². The highest BCUT2D eigenvalue weighted by atomic mass is 16.6. The Bertz CT molecular complexity index is 988. The number of likely N-dealkylation sites (tertiary alicyclic amines) is 1. The summed E-state index contributed by atoms with van der Waals surface area (Å²) in [6, 6.07) is 20.1. The van der Waals surface area contributed by atoms with Crippen molar-refractivity contribution >= 4 is 17.8 Å². The summed E-state index contributed by atoms with van der Waals surface area (Å²) in [7, 11) is 0. The van der Waals surface area contributed by atoms with E-state index < -0.39 is 35.1 Å². The van der Waals surface area contributed by atoms with Crippen LogP contribution in [-0.2, 0) is 24.5 Å². The summed E-state index contributed by atoms with van der Waals surface area (Å²) in [6.07, 6.45) is -0.963. The lowest BCUT2D eigenvalue weighted by atomic mass is 9.55. The Morgan fingerprint density at radius 3 is 1.97 bits per heavy atom. The van der Waals surface area contributed by atoms with Gasteiger partial charge < -0.3 is 14.4 Å². The minimum Gasteiger partial charge on any atom is -0.454 e. The van der Waals surface area contributed by atoms with Crippen molar-refractivity contribution in [3.63, 3.8) is 0 Å². The molecule has 4 rings (SSSR count). The van der Waals surface area contributed by atoms with Gasteiger partial charge in [-0.25, -0.2) is 4.79 Å². The van der Waals surface area contributed by atoms with Gasteiger partial charge in [-0.05, 0) is 31.9 Å². The van der Waals surface area contributed by atoms with E-state index in [4.69, 9.17) is 9.47 Å². The second-order valence-electron chi connectivity index (χ2n) is 10.0. The van der Waals surface area contributed by atoms with E-state index in [1.54, 1.807) is 4.90 Å². The molecule has 3 unspecified atom stereocenters. The van der Waals surface area contributed by atoms with Crippen LogP contribution in [-0.4, -0.2) is 47.5 Å². The first-order valence-electron chi connectivity index (χ1n) is 11.4. The Morgan fingerprint density at radius 1 is 0.939 bits per heavy atom. The van der Waals surface area contributed by atoms with Crippen LogP contribution in [0.1, 0.15) is 45.2 Å². The Balaban J connectivity index is 1.84. The summed E-state index contributed by atoms with van der Waals surface area (Å²) >= 11 is 0. The molecule has 1 amide bonds. The fourth-order valence-corrected chi connectivity index (χ4v) is 5.45. The van der Waals surface area contributed by atoms with Crippen LogP contribution in [0.5, 0.6) is 0 Å². The molecule has 0 aromatic heterocycles. The van der Waals surface area contributed by atoms with Crippen molar-refractivity contribution in [1.82, 2.24) is 4.90 Å². The zero-order valence-corrected chi connectivity index (χ0v) is 19.6. The number of nitrogens with zero attached hydrogens (tertiary/aromatic N) is 1. The number of rotatable bonds is 3. The molecule has 1 aliphatic carbocycles. The average Bonchev–Trinajstić information content (AvgIpc) is 3.22. The number of fused-ring (bicyclic) bond motifs is 1. The third-order valence-corrected chi connectivity index (χ3v) is 6.68. The molecule has 2 aromatic carbocycles. The number of benzene rings is 2. The molecule has 0 radical (unpaired) electrons. The van der Waals surface area contributed by atoms with E-state index in [2.05, 4.69) is 24.3 Å². The van der Waals surface area contributed by atoms with E-state index in [1.807, 2.05) is 57.2 Å². The molecule has 2 aliphatic rings. The number of ketones is 1. The van der Waals surface area contributed by atoms with Gasteiger partial charge in [0.1, 0.15) is 5.60 Å². The van der Waals surface area contributed by atoms with Crippen LogP contribution < -0.4 is 0 Å². The minimum atomic E-state index is -0.872. The topological polar surface area (TPSA) is 72.9 Å². The molecule has 6 nitrogen and oxygen atoms in total. The second-order valence-corrected chi connectivity index (χ2v) is 10.0. The Morgan fingerprint density at radius 2 is 1.48 bits per heavy atom. The lowest BCUT2D eigenvalue weighted by Gasteiger charge is -2.47. The number of Topliss-reactive ketones (excluding diaryl/α,β-unsaturated/α-hetero) is 1. The maximum absolute atomic E-state index is 13.5. The summed E-state index contributed by atoms with van der Waals surface area (Å²) in [5, 5.41) is 0. The van der Waals surface area contributed by atoms with Gasteiger partial charge in [-0.15, -0.1) is 0 Å². The Hall–Kier alpha value is -3.15. The van der Waals surface area contributed by atoms with Gasteiger partial charge in [-0.1, -0.05) is 60.7 Å². The van der Waals surface area contributed by atoms with Crippen LogP contribution in [0.4, 0.5) is 4.79 Å². The zero-order chi connectivity index (χ0) is 23.8. The number of esters is 1. The quantitative estimate of drug-likeness (QED) is 0.651. The van der Waals surface area contributed by atoms with Crippen molar-refractivity contribution in [2.75, 3.05) is 13.1 Å². The smallest absolute Gasteiger partial charge is 0.410 e. The second kappa shape index (κ2) is 8.65. The summed E-state index contributed by atoms with van der Waals surface area (Å²) in [5.74, 6) is -1.24. The molecule has 1 aliphatic heterocycles. The SMILES string of the molecule is CC(=O)OC1CC(c2ccccc2)(c2ccccc2)C2CN(C(=O)OC(C)(C)C)CC2C1=O. The van der Waals surface area contributed by atoms with Crippen LogP contribution in [0.25, 0.3) is 0 Å². The largest absolute Gasteiger partial charge is 0.454 e. The molecule has 3 atom stereocenters. The summed E-state index contributed by atoms with van der Waals surface area (Å²) in [5.41, 5.74) is 0.854. The fourth-order valence-electron chi connectivity index (χ4n) is 5.45. The third kappa shape index (κ3) is 4.39. The summed E-state index contributed by atoms with van der Waals surface area (Å²) < 4.78 is 11.2. The highest BCUT2D eigenvalue weighted by Gasteiger charge is 2.59. The zero-order valence-electron chi connectivity index (χ0n) is 19.6. The summed E-state index contributed by atoms with van der Waals surface area (Å²) in [4.78, 5) is 40.0. The van der Waals surface area contributed by atoms with Crippen molar-refractivity contribution in [2.24, 2.45) is 11.8 Å². The van der Waals surface area contributed by atoms with Gasteiger partial charge in [0.05, 0.1) is 0 Å². The van der Waals surface area contributed by atoms with Crippen LogP contribution in [0.2, 0.25) is 0 Å². The lowest BCUT2D eigenvalue weighted by molar-refractivity contribution is -0.159. The van der Waals surface area contributed by atoms with Gasteiger partial charge in [0.2, 0.25) is 0 Å². The van der Waals surface area contributed by atoms with Gasteiger partial charge in [0, 0.05) is 43.7 Å². The molecular weight excluding hydrogens is 418 g/mol. The summed E-state index contributed by atoms with van der Waals surface area (Å²) in [6.45, 7) is 7.45. The standard InChI is InChI=1S/C27H31NO5/c1-18(29)32-23-15-27(19-11-7-5-8-12-19,20-13-9-6-10-14-20)22-17-28(16-21(22)24(23)30)25(31)33-26(2,3)4/h5-14,21-23H,15-17H2,1-4H3. The third-order valence-electron chi connectivity index (χ3n) is 6.68. The first-order chi connectivity index (χ1) is 15.6. The molecule has 1 heterocycles. The lowest BCUT2D eigenvalue weighted by Crippen LogP contribution is -2.54. The first kappa shape index (κ1) is 23.0. The molecule has 174 valence electrons. The molecule has 2 aromatic rings. The van der Waals surface area contributed by atoms with Crippen LogP contribution in [0, 0.1) is 11.8 Å². The van der Waals surface area contributed by atoms with E-state index in [0.717, 1.165) is 11.1 Å². The predicted molar refractivity (Wildman–Crippen MR) is 124 cm³/mol.